The minimum absolute atomic E-state index is 0.136. The van der Waals surface area contributed by atoms with Gasteiger partial charge in [0.05, 0.1) is 18.2 Å². The number of ether oxygens (including phenoxy) is 1. The highest BCUT2D eigenvalue weighted by atomic mass is 19.1. The molecule has 2 aromatic carbocycles. The van der Waals surface area contributed by atoms with E-state index in [1.54, 1.807) is 0 Å². The van der Waals surface area contributed by atoms with Crippen molar-refractivity contribution in [2.75, 3.05) is 7.11 Å². The van der Waals surface area contributed by atoms with Gasteiger partial charge in [-0.05, 0) is 81.0 Å². The van der Waals surface area contributed by atoms with Crippen LogP contribution in [0.5, 0.6) is 0 Å². The maximum absolute atomic E-state index is 13.9. The first-order valence-corrected chi connectivity index (χ1v) is 13.6. The Labute approximate surface area is 231 Å². The fourth-order valence-electron chi connectivity index (χ4n) is 5.07. The van der Waals surface area contributed by atoms with Crippen molar-refractivity contribution in [3.8, 4) is 22.4 Å². The maximum atomic E-state index is 13.9. The predicted octanol–water partition coefficient (Wildman–Crippen LogP) is 7.01. The fraction of sp³-hybridized carbons (Fsp3) is 0.452. The second-order valence-corrected chi connectivity index (χ2v) is 11.4. The SMILES string of the molecule is COB1O[C@H](CCn2c(C(C)C)cc(-c3ccccc3)c2-c2ccc(F)cc2)C[C@H](CC(=O)OC(C)(C)C)O1. The normalized spacial score (nSPS) is 18.0. The predicted molar refractivity (Wildman–Crippen MR) is 152 cm³/mol. The molecule has 1 aliphatic heterocycles. The summed E-state index contributed by atoms with van der Waals surface area (Å²) in [6.45, 7) is 10.6. The number of carbonyl (C=O) groups is 1. The van der Waals surface area contributed by atoms with Crippen molar-refractivity contribution in [2.45, 2.75) is 84.2 Å². The summed E-state index contributed by atoms with van der Waals surface area (Å²) in [6.07, 6.45) is 0.824. The smallest absolute Gasteiger partial charge is 0.460 e. The number of rotatable bonds is 9. The number of aromatic nitrogens is 1. The van der Waals surface area contributed by atoms with Gasteiger partial charge in [0.1, 0.15) is 11.4 Å². The van der Waals surface area contributed by atoms with Crippen LogP contribution in [0.3, 0.4) is 0 Å². The van der Waals surface area contributed by atoms with Gasteiger partial charge in [0.2, 0.25) is 0 Å². The highest BCUT2D eigenvalue weighted by molar-refractivity contribution is 6.36. The van der Waals surface area contributed by atoms with Crippen molar-refractivity contribution >= 4 is 13.3 Å². The summed E-state index contributed by atoms with van der Waals surface area (Å²) in [7, 11) is 0.681. The Bertz CT molecular complexity index is 1240. The van der Waals surface area contributed by atoms with Crippen LogP contribution in [-0.4, -0.2) is 42.8 Å². The molecule has 0 bridgehead atoms. The van der Waals surface area contributed by atoms with Gasteiger partial charge >= 0.3 is 13.3 Å². The van der Waals surface area contributed by atoms with Crippen LogP contribution < -0.4 is 0 Å². The second-order valence-electron chi connectivity index (χ2n) is 11.4. The van der Waals surface area contributed by atoms with Crippen molar-refractivity contribution in [3.63, 3.8) is 0 Å². The van der Waals surface area contributed by atoms with Crippen molar-refractivity contribution in [1.29, 1.82) is 0 Å². The number of nitrogens with zero attached hydrogens (tertiary/aromatic N) is 1. The third kappa shape index (κ3) is 7.59. The molecular formula is C31H39BFNO5. The molecule has 4 rings (SSSR count). The van der Waals surface area contributed by atoms with E-state index in [0.717, 1.165) is 22.4 Å². The Morgan fingerprint density at radius 2 is 1.72 bits per heavy atom. The van der Waals surface area contributed by atoms with Gasteiger partial charge in [-0.2, -0.15) is 0 Å². The highest BCUT2D eigenvalue weighted by Gasteiger charge is 2.37. The lowest BCUT2D eigenvalue weighted by molar-refractivity contribution is -0.158. The van der Waals surface area contributed by atoms with E-state index in [9.17, 15) is 9.18 Å². The molecule has 39 heavy (non-hydrogen) atoms. The molecule has 208 valence electrons. The average Bonchev–Trinajstić information content (AvgIpc) is 3.27. The lowest BCUT2D eigenvalue weighted by atomic mass is 9.98. The van der Waals surface area contributed by atoms with E-state index in [-0.39, 0.29) is 36.3 Å². The van der Waals surface area contributed by atoms with Gasteiger partial charge in [0.15, 0.2) is 0 Å². The first-order chi connectivity index (χ1) is 18.5. The van der Waals surface area contributed by atoms with Crippen molar-refractivity contribution < 1.29 is 27.9 Å². The number of hydrogen-bond acceptors (Lipinski definition) is 5. The summed E-state index contributed by atoms with van der Waals surface area (Å²) < 4.78 is 39.0. The van der Waals surface area contributed by atoms with Crippen LogP contribution in [0.1, 0.15) is 65.5 Å². The summed E-state index contributed by atoms with van der Waals surface area (Å²) in [5, 5.41) is 0. The van der Waals surface area contributed by atoms with Crippen molar-refractivity contribution in [3.05, 3.63) is 72.2 Å². The second kappa shape index (κ2) is 12.5. The number of hydrogen-bond donors (Lipinski definition) is 0. The molecule has 1 fully saturated rings. The molecule has 3 aromatic rings. The van der Waals surface area contributed by atoms with E-state index in [1.165, 1.54) is 24.9 Å². The number of halogens is 1. The van der Waals surface area contributed by atoms with Gasteiger partial charge in [0.25, 0.3) is 0 Å². The molecule has 0 unspecified atom stereocenters. The van der Waals surface area contributed by atoms with E-state index in [2.05, 4.69) is 36.6 Å². The monoisotopic (exact) mass is 535 g/mol. The van der Waals surface area contributed by atoms with E-state index in [1.807, 2.05) is 51.1 Å². The van der Waals surface area contributed by atoms with Crippen LogP contribution in [0.25, 0.3) is 22.4 Å². The zero-order valence-corrected chi connectivity index (χ0v) is 23.8. The maximum Gasteiger partial charge on any atom is 0.639 e. The average molecular weight is 535 g/mol. The van der Waals surface area contributed by atoms with E-state index >= 15 is 0 Å². The van der Waals surface area contributed by atoms with Gasteiger partial charge in [-0.25, -0.2) is 4.39 Å². The summed E-state index contributed by atoms with van der Waals surface area (Å²) in [4.78, 5) is 12.5. The minimum Gasteiger partial charge on any atom is -0.460 e. The van der Waals surface area contributed by atoms with Crippen LogP contribution in [0, 0.1) is 5.82 Å². The van der Waals surface area contributed by atoms with E-state index < -0.39 is 12.9 Å². The zero-order chi connectivity index (χ0) is 28.2. The van der Waals surface area contributed by atoms with E-state index in [0.29, 0.717) is 19.4 Å². The quantitative estimate of drug-likeness (QED) is 0.218. The standard InChI is InChI=1S/C31H39BFNO5/c1-21(2)28-20-27(22-10-8-7-9-11-22)30(23-12-14-24(33)15-13-23)34(28)17-16-25-18-26(39-32(36-6)38-25)19-29(35)37-31(3,4)5/h7-15,20-21,25-26H,16-19H2,1-6H3/t25-,26-/m1/s1. The summed E-state index contributed by atoms with van der Waals surface area (Å²) in [5.41, 5.74) is 4.84. The molecule has 0 saturated carbocycles. The molecular weight excluding hydrogens is 496 g/mol. The van der Waals surface area contributed by atoms with Gasteiger partial charge < -0.3 is 23.3 Å². The highest BCUT2D eigenvalue weighted by Crippen LogP contribution is 2.38. The first-order valence-electron chi connectivity index (χ1n) is 13.6. The van der Waals surface area contributed by atoms with Crippen LogP contribution in [0.2, 0.25) is 0 Å². The van der Waals surface area contributed by atoms with Crippen LogP contribution in [-0.2, 0) is 30.0 Å². The van der Waals surface area contributed by atoms with Gasteiger partial charge in [-0.3, -0.25) is 4.79 Å². The first kappa shape index (κ1) is 29.1. The Balaban J connectivity index is 1.62. The molecule has 8 heteroatoms. The van der Waals surface area contributed by atoms with Gasteiger partial charge in [-0.1, -0.05) is 44.2 Å². The van der Waals surface area contributed by atoms with Crippen LogP contribution in [0.15, 0.2) is 60.7 Å². The molecule has 1 saturated heterocycles. The third-order valence-corrected chi connectivity index (χ3v) is 6.74. The minimum atomic E-state index is -0.845. The van der Waals surface area contributed by atoms with Gasteiger partial charge in [0, 0.05) is 31.0 Å². The molecule has 0 amide bonds. The summed E-state index contributed by atoms with van der Waals surface area (Å²) >= 11 is 0. The zero-order valence-electron chi connectivity index (χ0n) is 23.8. The molecule has 0 spiro atoms. The third-order valence-electron chi connectivity index (χ3n) is 6.74. The van der Waals surface area contributed by atoms with Crippen LogP contribution >= 0.6 is 0 Å². The molecule has 2 heterocycles. The lowest BCUT2D eigenvalue weighted by Crippen LogP contribution is -2.44. The summed E-state index contributed by atoms with van der Waals surface area (Å²) in [6, 6.07) is 19.2. The fourth-order valence-corrected chi connectivity index (χ4v) is 5.07. The largest absolute Gasteiger partial charge is 0.639 e. The Kier molecular flexibility index (Phi) is 9.31. The molecule has 1 aliphatic rings. The molecule has 0 N–H and O–H groups in total. The molecule has 1 aromatic heterocycles. The molecule has 0 radical (unpaired) electrons. The number of benzene rings is 2. The Hall–Kier alpha value is -2.94. The lowest BCUT2D eigenvalue weighted by Gasteiger charge is -2.33. The Morgan fingerprint density at radius 3 is 2.33 bits per heavy atom. The van der Waals surface area contributed by atoms with Crippen LogP contribution in [0.4, 0.5) is 4.39 Å². The number of carbonyl (C=O) groups excluding carboxylic acids is 1. The van der Waals surface area contributed by atoms with Gasteiger partial charge in [-0.15, -0.1) is 0 Å². The molecule has 6 nitrogen and oxygen atoms in total. The number of esters is 1. The topological polar surface area (TPSA) is 58.9 Å². The van der Waals surface area contributed by atoms with Crippen molar-refractivity contribution in [1.82, 2.24) is 4.57 Å². The summed E-state index contributed by atoms with van der Waals surface area (Å²) in [5.74, 6) is -0.301. The molecule has 0 aliphatic carbocycles. The van der Waals surface area contributed by atoms with Crippen molar-refractivity contribution in [2.24, 2.45) is 0 Å². The Morgan fingerprint density at radius 1 is 1.05 bits per heavy atom. The van der Waals surface area contributed by atoms with E-state index in [4.69, 9.17) is 18.7 Å². The molecule has 2 atom stereocenters.